The van der Waals surface area contributed by atoms with E-state index in [0.717, 1.165) is 29.3 Å². The molecule has 6 aromatic rings. The van der Waals surface area contributed by atoms with Crippen LogP contribution in [0.5, 0.6) is 0 Å². The Kier molecular flexibility index (Phi) is 6.10. The molecule has 4 nitrogen and oxygen atoms in total. The lowest BCUT2D eigenvalue weighted by atomic mass is 10.0. The zero-order valence-electron chi connectivity index (χ0n) is 19.4. The molecule has 6 rings (SSSR count). The number of benzene rings is 2. The second kappa shape index (κ2) is 9.73. The van der Waals surface area contributed by atoms with Gasteiger partial charge in [0.2, 0.25) is 0 Å². The normalized spacial score (nSPS) is 10.5. The number of allylic oxidation sites excluding steroid dienone is 2. The molecule has 0 saturated heterocycles. The second-order valence-corrected chi connectivity index (χ2v) is 12.6. The van der Waals surface area contributed by atoms with Gasteiger partial charge >= 0.3 is 0 Å². The minimum Gasteiger partial charge on any atom is -0.192 e. The maximum Gasteiger partial charge on any atom is 0.131 e. The first-order valence-corrected chi connectivity index (χ1v) is 14.5. The van der Waals surface area contributed by atoms with Gasteiger partial charge < -0.3 is 0 Å². The van der Waals surface area contributed by atoms with E-state index in [0.29, 0.717) is 0 Å². The Bertz CT molecular complexity index is 1950. The van der Waals surface area contributed by atoms with Crippen molar-refractivity contribution in [3.05, 3.63) is 81.6 Å². The second-order valence-electron chi connectivity index (χ2n) is 8.22. The predicted molar refractivity (Wildman–Crippen MR) is 160 cm³/mol. The van der Waals surface area contributed by atoms with Crippen molar-refractivity contribution in [3.63, 3.8) is 0 Å². The van der Waals surface area contributed by atoms with Gasteiger partial charge in [-0.25, -0.2) is 0 Å². The summed E-state index contributed by atoms with van der Waals surface area (Å²) in [5, 5.41) is 41.2. The van der Waals surface area contributed by atoms with Crippen molar-refractivity contribution in [1.82, 2.24) is 0 Å². The Morgan fingerprint density at radius 3 is 1.32 bits per heavy atom. The zero-order valence-corrected chi connectivity index (χ0v) is 22.6. The van der Waals surface area contributed by atoms with E-state index in [1.165, 1.54) is 30.9 Å². The largest absolute Gasteiger partial charge is 0.192 e. The third-order valence-corrected chi connectivity index (χ3v) is 10.9. The lowest BCUT2D eigenvalue weighted by Gasteiger charge is -2.02. The van der Waals surface area contributed by atoms with Crippen LogP contribution >= 0.6 is 45.3 Å². The number of rotatable bonds is 4. The maximum absolute atomic E-state index is 9.09. The Labute approximate surface area is 233 Å². The van der Waals surface area contributed by atoms with E-state index in [2.05, 4.69) is 36.4 Å². The molecule has 0 aliphatic heterocycles. The van der Waals surface area contributed by atoms with Gasteiger partial charge in [0.1, 0.15) is 35.4 Å². The monoisotopic (exact) mass is 556 g/mol. The number of hydrogen-bond acceptors (Lipinski definition) is 8. The molecule has 8 heteroatoms. The van der Waals surface area contributed by atoms with Gasteiger partial charge in [-0.15, -0.1) is 45.3 Å². The number of nitrogens with zero attached hydrogens (tertiary/aromatic N) is 4. The van der Waals surface area contributed by atoms with Gasteiger partial charge in [0.05, 0.1) is 9.40 Å². The SMILES string of the molecule is N#CC(C#N)=Cc1ccc(-c2cc3c4ccccc4c4cc(-c5ccc(C=C(C#N)C#N)s5)sc4c3s2)s1. The van der Waals surface area contributed by atoms with Gasteiger partial charge in [-0.2, -0.15) is 21.0 Å². The summed E-state index contributed by atoms with van der Waals surface area (Å²) in [6.45, 7) is 0. The molecule has 176 valence electrons. The maximum atomic E-state index is 9.09. The molecule has 2 aromatic carbocycles. The van der Waals surface area contributed by atoms with Crippen LogP contribution in [0.1, 0.15) is 9.75 Å². The molecule has 0 spiro atoms. The van der Waals surface area contributed by atoms with Gasteiger partial charge in [0, 0.05) is 40.0 Å². The first-order valence-electron chi connectivity index (χ1n) is 11.2. The quantitative estimate of drug-likeness (QED) is 0.202. The van der Waals surface area contributed by atoms with Crippen molar-refractivity contribution in [2.24, 2.45) is 0 Å². The number of thiophene rings is 4. The van der Waals surface area contributed by atoms with Crippen LogP contribution in [0.15, 0.2) is 71.8 Å². The highest BCUT2D eigenvalue weighted by Crippen LogP contribution is 2.49. The summed E-state index contributed by atoms with van der Waals surface area (Å²) in [6, 6.07) is 28.6. The van der Waals surface area contributed by atoms with Crippen molar-refractivity contribution >= 4 is 88.4 Å². The van der Waals surface area contributed by atoms with Gasteiger partial charge in [-0.3, -0.25) is 0 Å². The van der Waals surface area contributed by atoms with Crippen molar-refractivity contribution in [1.29, 1.82) is 21.0 Å². The summed E-state index contributed by atoms with van der Waals surface area (Å²) >= 11 is 6.66. The van der Waals surface area contributed by atoms with Crippen molar-refractivity contribution in [2.75, 3.05) is 0 Å². The topological polar surface area (TPSA) is 95.2 Å². The van der Waals surface area contributed by atoms with Crippen LogP contribution in [0.2, 0.25) is 0 Å². The van der Waals surface area contributed by atoms with E-state index < -0.39 is 0 Å². The molecular formula is C30H12N4S4. The van der Waals surface area contributed by atoms with E-state index in [9.17, 15) is 0 Å². The summed E-state index contributed by atoms with van der Waals surface area (Å²) in [4.78, 5) is 6.25. The van der Waals surface area contributed by atoms with Gasteiger partial charge in [0.15, 0.2) is 0 Å². The summed E-state index contributed by atoms with van der Waals surface area (Å²) in [7, 11) is 0. The first kappa shape index (κ1) is 23.8. The molecule has 38 heavy (non-hydrogen) atoms. The molecule has 0 atom stereocenters. The number of fused-ring (bicyclic) bond motifs is 6. The van der Waals surface area contributed by atoms with Crippen molar-refractivity contribution < 1.29 is 0 Å². The molecule has 0 aliphatic carbocycles. The molecule has 0 radical (unpaired) electrons. The predicted octanol–water partition coefficient (Wildman–Crippen LogP) is 9.59. The van der Waals surface area contributed by atoms with E-state index in [1.54, 1.807) is 57.5 Å². The fraction of sp³-hybridized carbons (Fsp3) is 0. The first-order chi connectivity index (χ1) is 18.6. The Morgan fingerprint density at radius 1 is 0.500 bits per heavy atom. The summed E-state index contributed by atoms with van der Waals surface area (Å²) in [6.07, 6.45) is 3.25. The molecule has 0 unspecified atom stereocenters. The molecule has 0 aliphatic rings. The molecule has 0 fully saturated rings. The Balaban J connectivity index is 1.52. The van der Waals surface area contributed by atoms with E-state index in [-0.39, 0.29) is 11.1 Å². The van der Waals surface area contributed by atoms with Crippen LogP contribution < -0.4 is 0 Å². The third kappa shape index (κ3) is 4.09. The fourth-order valence-corrected chi connectivity index (χ4v) is 8.87. The van der Waals surface area contributed by atoms with Gasteiger partial charge in [0.25, 0.3) is 0 Å². The average Bonchev–Trinajstić information content (AvgIpc) is 3.75. The van der Waals surface area contributed by atoms with Crippen LogP contribution in [-0.2, 0) is 0 Å². The standard InChI is InChI=1S/C30H12N4S4/c31-13-17(14-32)9-19-5-7-25(35-19)27-11-23-21-3-1-2-4-22(21)24-12-28(38-30(24)29(23)37-27)26-8-6-20(36-26)10-18(15-33)16-34/h1-12H. The summed E-state index contributed by atoms with van der Waals surface area (Å²) in [5.74, 6) is 0. The van der Waals surface area contributed by atoms with Crippen LogP contribution in [-0.4, -0.2) is 0 Å². The van der Waals surface area contributed by atoms with Gasteiger partial charge in [-0.05, 0) is 59.3 Å². The molecular weight excluding hydrogens is 545 g/mol. The van der Waals surface area contributed by atoms with Crippen molar-refractivity contribution in [3.8, 4) is 43.8 Å². The highest BCUT2D eigenvalue weighted by atomic mass is 32.1. The van der Waals surface area contributed by atoms with E-state index in [1.807, 2.05) is 48.5 Å². The molecule has 0 N–H and O–H groups in total. The average molecular weight is 557 g/mol. The highest BCUT2D eigenvalue weighted by Gasteiger charge is 2.17. The lowest BCUT2D eigenvalue weighted by Crippen LogP contribution is -1.74. The minimum absolute atomic E-state index is 0.0947. The van der Waals surface area contributed by atoms with Crippen LogP contribution in [0.4, 0.5) is 0 Å². The molecule has 0 amide bonds. The highest BCUT2D eigenvalue weighted by molar-refractivity contribution is 7.32. The molecule has 4 heterocycles. The number of hydrogen-bond donors (Lipinski definition) is 0. The van der Waals surface area contributed by atoms with Crippen LogP contribution in [0.3, 0.4) is 0 Å². The molecule has 4 aromatic heterocycles. The van der Waals surface area contributed by atoms with Gasteiger partial charge in [-0.1, -0.05) is 24.3 Å². The summed E-state index contributed by atoms with van der Waals surface area (Å²) in [5.41, 5.74) is 0.189. The third-order valence-electron chi connectivity index (χ3n) is 5.97. The van der Waals surface area contributed by atoms with Crippen LogP contribution in [0.25, 0.3) is 62.6 Å². The van der Waals surface area contributed by atoms with E-state index >= 15 is 0 Å². The smallest absolute Gasteiger partial charge is 0.131 e. The molecule has 0 saturated carbocycles. The van der Waals surface area contributed by atoms with Crippen molar-refractivity contribution in [2.45, 2.75) is 0 Å². The lowest BCUT2D eigenvalue weighted by molar-refractivity contribution is 1.47. The molecule has 0 bridgehead atoms. The van der Waals surface area contributed by atoms with E-state index in [4.69, 9.17) is 21.0 Å². The Hall–Kier alpha value is -4.54. The fourth-order valence-electron chi connectivity index (χ4n) is 4.30. The number of nitriles is 4. The van der Waals surface area contributed by atoms with Crippen LogP contribution in [0, 0.1) is 45.3 Å². The summed E-state index contributed by atoms with van der Waals surface area (Å²) < 4.78 is 2.47. The Morgan fingerprint density at radius 2 is 0.921 bits per heavy atom. The zero-order chi connectivity index (χ0) is 26.2. The minimum atomic E-state index is 0.0947.